The molecule has 13 heteroatoms. The van der Waals surface area contributed by atoms with Gasteiger partial charge in [-0.15, -0.1) is 0 Å². The normalized spacial score (nSPS) is 12.2. The topological polar surface area (TPSA) is 47.3 Å². The molecule has 200 valence electrons. The summed E-state index contributed by atoms with van der Waals surface area (Å²) in [5.74, 6) is -0.253. The Bertz CT molecular complexity index is 1500. The molecule has 0 bridgehead atoms. The number of alkyl halides is 6. The third-order valence-electron chi connectivity index (χ3n) is 5.55. The fourth-order valence-corrected chi connectivity index (χ4v) is 4.55. The van der Waals surface area contributed by atoms with E-state index in [2.05, 4.69) is 5.10 Å². The number of aryl methyl sites for hydroxylation is 1. The zero-order valence-electron chi connectivity index (χ0n) is 19.1. The van der Waals surface area contributed by atoms with Crippen LogP contribution in [-0.4, -0.2) is 14.9 Å². The van der Waals surface area contributed by atoms with Crippen LogP contribution >= 0.6 is 34.8 Å². The summed E-state index contributed by atoms with van der Waals surface area (Å²) in [6.45, 7) is -0.221. The first-order valence-electron chi connectivity index (χ1n) is 10.6. The Labute approximate surface area is 226 Å². The molecule has 0 amide bonds. The van der Waals surface area contributed by atoms with Gasteiger partial charge < -0.3 is 9.84 Å². The van der Waals surface area contributed by atoms with Gasteiger partial charge in [0.25, 0.3) is 0 Å². The van der Waals surface area contributed by atoms with Crippen LogP contribution in [0, 0.1) is 0 Å². The van der Waals surface area contributed by atoms with Crippen molar-refractivity contribution in [3.63, 3.8) is 0 Å². The molecule has 4 aromatic rings. The van der Waals surface area contributed by atoms with E-state index in [1.54, 1.807) is 24.3 Å². The van der Waals surface area contributed by atoms with E-state index in [1.165, 1.54) is 25.2 Å². The van der Waals surface area contributed by atoms with Crippen LogP contribution in [0.1, 0.15) is 16.8 Å². The smallest absolute Gasteiger partial charge is 0.436 e. The second kappa shape index (κ2) is 10.2. The zero-order chi connectivity index (χ0) is 28.0. The molecular formula is C25H15Cl3F6N2O2. The molecule has 0 radical (unpaired) electrons. The Balaban J connectivity index is 1.91. The van der Waals surface area contributed by atoms with Crippen molar-refractivity contribution in [3.8, 4) is 33.9 Å². The third kappa shape index (κ3) is 5.52. The number of benzene rings is 3. The highest BCUT2D eigenvalue weighted by Gasteiger charge is 2.39. The summed E-state index contributed by atoms with van der Waals surface area (Å²) in [5.41, 5.74) is -3.01. The van der Waals surface area contributed by atoms with Crippen LogP contribution in [0.25, 0.3) is 22.4 Å². The van der Waals surface area contributed by atoms with E-state index in [4.69, 9.17) is 39.5 Å². The van der Waals surface area contributed by atoms with Crippen molar-refractivity contribution < 1.29 is 36.2 Å². The minimum atomic E-state index is -4.88. The van der Waals surface area contributed by atoms with Crippen molar-refractivity contribution in [1.82, 2.24) is 9.78 Å². The summed E-state index contributed by atoms with van der Waals surface area (Å²) < 4.78 is 87.5. The summed E-state index contributed by atoms with van der Waals surface area (Å²) in [5, 5.41) is 13.8. The summed E-state index contributed by atoms with van der Waals surface area (Å²) in [7, 11) is 1.19. The molecule has 3 aromatic carbocycles. The number of hydrogen-bond donors (Lipinski definition) is 1. The second-order valence-corrected chi connectivity index (χ2v) is 9.28. The third-order valence-corrected chi connectivity index (χ3v) is 6.49. The highest BCUT2D eigenvalue weighted by atomic mass is 35.5. The molecule has 0 fully saturated rings. The van der Waals surface area contributed by atoms with Crippen molar-refractivity contribution >= 4 is 34.8 Å². The maximum Gasteiger partial charge on any atom is 0.436 e. The van der Waals surface area contributed by atoms with Crippen LogP contribution in [0.3, 0.4) is 0 Å². The predicted octanol–water partition coefficient (Wildman–Crippen LogP) is 9.04. The second-order valence-electron chi connectivity index (χ2n) is 8.06. The van der Waals surface area contributed by atoms with E-state index in [1.807, 2.05) is 0 Å². The SMILES string of the molecule is Cn1nc(C(F)(F)F)c(Cl)c1-c1ccc(COc2ccc(Cl)cc2)c(-c2ccc(Cl)c(C(F)(F)F)c2)c1O. The molecule has 4 rings (SSSR count). The number of aromatic nitrogens is 2. The van der Waals surface area contributed by atoms with Crippen LogP contribution in [-0.2, 0) is 26.0 Å². The molecule has 0 unspecified atom stereocenters. The van der Waals surface area contributed by atoms with E-state index < -0.39 is 39.4 Å². The zero-order valence-corrected chi connectivity index (χ0v) is 21.3. The highest BCUT2D eigenvalue weighted by Crippen LogP contribution is 2.47. The fourth-order valence-electron chi connectivity index (χ4n) is 3.83. The quantitative estimate of drug-likeness (QED) is 0.234. The lowest BCUT2D eigenvalue weighted by atomic mass is 9.93. The number of phenols is 1. The van der Waals surface area contributed by atoms with Crippen LogP contribution in [0.4, 0.5) is 26.3 Å². The van der Waals surface area contributed by atoms with Gasteiger partial charge >= 0.3 is 12.4 Å². The van der Waals surface area contributed by atoms with Gasteiger partial charge in [-0.25, -0.2) is 0 Å². The fraction of sp³-hybridized carbons (Fsp3) is 0.160. The van der Waals surface area contributed by atoms with Crippen LogP contribution < -0.4 is 4.74 Å². The lowest BCUT2D eigenvalue weighted by molar-refractivity contribution is -0.141. The molecule has 1 heterocycles. The highest BCUT2D eigenvalue weighted by molar-refractivity contribution is 6.34. The Kier molecular flexibility index (Phi) is 7.53. The van der Waals surface area contributed by atoms with Gasteiger partial charge in [0.15, 0.2) is 5.69 Å². The monoisotopic (exact) mass is 594 g/mol. The van der Waals surface area contributed by atoms with Crippen LogP contribution in [0.5, 0.6) is 11.5 Å². The first kappa shape index (κ1) is 27.9. The number of aromatic hydroxyl groups is 1. The van der Waals surface area contributed by atoms with Crippen molar-refractivity contribution in [2.75, 3.05) is 0 Å². The molecule has 0 atom stereocenters. The molecule has 0 saturated heterocycles. The van der Waals surface area contributed by atoms with Crippen molar-refractivity contribution in [2.24, 2.45) is 7.05 Å². The summed E-state index contributed by atoms with van der Waals surface area (Å²) in [4.78, 5) is 0. The molecule has 38 heavy (non-hydrogen) atoms. The summed E-state index contributed by atoms with van der Waals surface area (Å²) in [6, 6.07) is 11.9. The maximum atomic E-state index is 13.6. The Morgan fingerprint density at radius 3 is 2.13 bits per heavy atom. The first-order chi connectivity index (χ1) is 17.7. The Hall–Kier alpha value is -3.08. The Morgan fingerprint density at radius 1 is 0.895 bits per heavy atom. The lowest BCUT2D eigenvalue weighted by Gasteiger charge is -2.18. The van der Waals surface area contributed by atoms with Gasteiger partial charge in [-0.2, -0.15) is 31.4 Å². The number of phenolic OH excluding ortho intramolecular Hbond substituents is 1. The summed E-state index contributed by atoms with van der Waals surface area (Å²) in [6.07, 6.45) is -9.69. The van der Waals surface area contributed by atoms with E-state index in [9.17, 15) is 31.4 Å². The molecule has 1 N–H and O–H groups in total. The van der Waals surface area contributed by atoms with E-state index in [-0.39, 0.29) is 34.6 Å². The maximum absolute atomic E-state index is 13.6. The molecular weight excluding hydrogens is 581 g/mol. The number of rotatable bonds is 5. The van der Waals surface area contributed by atoms with Crippen LogP contribution in [0.2, 0.25) is 15.1 Å². The molecule has 0 aliphatic carbocycles. The molecule has 0 aliphatic heterocycles. The van der Waals surface area contributed by atoms with E-state index >= 15 is 0 Å². The number of ether oxygens (including phenoxy) is 1. The average Bonchev–Trinajstić information content (AvgIpc) is 3.13. The van der Waals surface area contributed by atoms with Gasteiger partial charge in [0.05, 0.1) is 21.3 Å². The lowest BCUT2D eigenvalue weighted by Crippen LogP contribution is -2.07. The molecule has 0 spiro atoms. The van der Waals surface area contributed by atoms with Crippen molar-refractivity contribution in [2.45, 2.75) is 19.0 Å². The molecule has 1 aromatic heterocycles. The van der Waals surface area contributed by atoms with E-state index in [0.717, 1.165) is 16.8 Å². The largest absolute Gasteiger partial charge is 0.507 e. The van der Waals surface area contributed by atoms with E-state index in [0.29, 0.717) is 10.8 Å². The Morgan fingerprint density at radius 2 is 1.55 bits per heavy atom. The standard InChI is InChI=1S/C25H15Cl3F6N2O2/c1-36-21(20(28)23(35-36)25(32,33)34)16-8-2-13(11-38-15-6-4-14(26)5-7-15)19(22(16)37)12-3-9-18(27)17(10-12)24(29,30)31/h2-10,37H,11H2,1H3. The summed E-state index contributed by atoms with van der Waals surface area (Å²) >= 11 is 17.6. The average molecular weight is 596 g/mol. The van der Waals surface area contributed by atoms with Gasteiger partial charge in [0, 0.05) is 28.8 Å². The van der Waals surface area contributed by atoms with Gasteiger partial charge in [-0.1, -0.05) is 46.9 Å². The number of hydrogen-bond acceptors (Lipinski definition) is 3. The molecule has 0 saturated carbocycles. The minimum Gasteiger partial charge on any atom is -0.507 e. The molecule has 0 aliphatic rings. The van der Waals surface area contributed by atoms with Crippen molar-refractivity contribution in [1.29, 1.82) is 0 Å². The minimum absolute atomic E-state index is 0.106. The number of halogens is 9. The van der Waals surface area contributed by atoms with Crippen LogP contribution in [0.15, 0.2) is 54.6 Å². The first-order valence-corrected chi connectivity index (χ1v) is 11.7. The predicted molar refractivity (Wildman–Crippen MR) is 132 cm³/mol. The van der Waals surface area contributed by atoms with Gasteiger partial charge in [-0.05, 0) is 48.0 Å². The van der Waals surface area contributed by atoms with Gasteiger partial charge in [0.2, 0.25) is 0 Å². The van der Waals surface area contributed by atoms with Crippen molar-refractivity contribution in [3.05, 3.63) is 86.5 Å². The number of nitrogens with zero attached hydrogens (tertiary/aromatic N) is 2. The van der Waals surface area contributed by atoms with Gasteiger partial charge in [-0.3, -0.25) is 4.68 Å². The molecule has 4 nitrogen and oxygen atoms in total. The van der Waals surface area contributed by atoms with Gasteiger partial charge in [0.1, 0.15) is 18.1 Å².